The fraction of sp³-hybridized carbons (Fsp3) is 0.462. The first-order valence-electron chi connectivity index (χ1n) is 6.62. The lowest BCUT2D eigenvalue weighted by Gasteiger charge is -2.24. The lowest BCUT2D eigenvalue weighted by Crippen LogP contribution is -2.41. The zero-order valence-corrected chi connectivity index (χ0v) is 13.6. The zero-order chi connectivity index (χ0) is 17.4. The second-order valence-corrected chi connectivity index (χ2v) is 7.59. The van der Waals surface area contributed by atoms with Crippen LogP contribution in [0.2, 0.25) is 5.02 Å². The first-order chi connectivity index (χ1) is 10.5. The van der Waals surface area contributed by atoms with Gasteiger partial charge in [0.15, 0.2) is 0 Å². The van der Waals surface area contributed by atoms with E-state index in [2.05, 4.69) is 5.32 Å². The Balaban J connectivity index is 2.36. The summed E-state index contributed by atoms with van der Waals surface area (Å²) in [6.45, 7) is -0.629. The molecule has 5 nitrogen and oxygen atoms in total. The van der Waals surface area contributed by atoms with Gasteiger partial charge in [-0.05, 0) is 31.0 Å². The van der Waals surface area contributed by atoms with Gasteiger partial charge in [0, 0.05) is 6.04 Å². The summed E-state index contributed by atoms with van der Waals surface area (Å²) in [5.74, 6) is -0.591. The van der Waals surface area contributed by atoms with E-state index in [4.69, 9.17) is 11.6 Å². The predicted molar refractivity (Wildman–Crippen MR) is 79.8 cm³/mol. The van der Waals surface area contributed by atoms with Crippen LogP contribution in [-0.4, -0.2) is 33.2 Å². The molecule has 0 saturated heterocycles. The molecular formula is C13H14ClF3N2O3S. The molecule has 128 valence electrons. The van der Waals surface area contributed by atoms with Crippen LogP contribution < -0.4 is 9.62 Å². The summed E-state index contributed by atoms with van der Waals surface area (Å²) in [5, 5.41) is 2.39. The number of sulfonamides is 1. The summed E-state index contributed by atoms with van der Waals surface area (Å²) in [4.78, 5) is 11.8. The Morgan fingerprint density at radius 1 is 1.39 bits per heavy atom. The van der Waals surface area contributed by atoms with Crippen LogP contribution in [0.15, 0.2) is 18.2 Å². The van der Waals surface area contributed by atoms with E-state index in [0.29, 0.717) is 10.4 Å². The molecule has 2 rings (SSSR count). The molecule has 0 atom stereocenters. The van der Waals surface area contributed by atoms with Crippen LogP contribution in [-0.2, 0) is 21.0 Å². The van der Waals surface area contributed by atoms with Crippen molar-refractivity contribution in [1.29, 1.82) is 0 Å². The topological polar surface area (TPSA) is 66.5 Å². The monoisotopic (exact) mass is 370 g/mol. The molecule has 1 saturated carbocycles. The Labute approximate surface area is 136 Å². The molecular weight excluding hydrogens is 357 g/mol. The molecule has 0 heterocycles. The van der Waals surface area contributed by atoms with Crippen molar-refractivity contribution in [2.24, 2.45) is 0 Å². The van der Waals surface area contributed by atoms with Crippen molar-refractivity contribution < 1.29 is 26.4 Å². The van der Waals surface area contributed by atoms with E-state index >= 15 is 0 Å². The molecule has 0 spiro atoms. The van der Waals surface area contributed by atoms with Crippen molar-refractivity contribution in [3.05, 3.63) is 28.8 Å². The molecule has 0 radical (unpaired) electrons. The van der Waals surface area contributed by atoms with Gasteiger partial charge >= 0.3 is 6.18 Å². The molecule has 1 aromatic rings. The minimum absolute atomic E-state index is 0.000826. The number of benzene rings is 1. The number of rotatable bonds is 5. The number of hydrogen-bond donors (Lipinski definition) is 1. The SMILES string of the molecule is CS(=O)(=O)N(CC(=O)NC1CC1)c1cc(C(F)(F)F)ccc1Cl. The highest BCUT2D eigenvalue weighted by molar-refractivity contribution is 7.92. The molecule has 0 bridgehead atoms. The van der Waals surface area contributed by atoms with E-state index in [1.807, 2.05) is 0 Å². The Morgan fingerprint density at radius 3 is 2.48 bits per heavy atom. The normalized spacial score (nSPS) is 15.3. The Hall–Kier alpha value is -1.48. The van der Waals surface area contributed by atoms with Gasteiger partial charge < -0.3 is 5.32 Å². The third-order valence-corrected chi connectivity index (χ3v) is 4.62. The van der Waals surface area contributed by atoms with Crippen molar-refractivity contribution in [3.63, 3.8) is 0 Å². The maximum Gasteiger partial charge on any atom is 0.416 e. The summed E-state index contributed by atoms with van der Waals surface area (Å²) >= 11 is 5.84. The number of amides is 1. The number of nitrogens with one attached hydrogen (secondary N) is 1. The number of halogens is 4. The number of anilines is 1. The molecule has 0 aromatic heterocycles. The van der Waals surface area contributed by atoms with Gasteiger partial charge in [0.2, 0.25) is 15.9 Å². The molecule has 1 aliphatic carbocycles. The number of nitrogens with zero attached hydrogens (tertiary/aromatic N) is 1. The molecule has 1 aromatic carbocycles. The van der Waals surface area contributed by atoms with Gasteiger partial charge in [0.05, 0.1) is 22.5 Å². The fourth-order valence-corrected chi connectivity index (χ4v) is 3.02. The largest absolute Gasteiger partial charge is 0.416 e. The molecule has 1 fully saturated rings. The summed E-state index contributed by atoms with van der Waals surface area (Å²) < 4.78 is 62.8. The second-order valence-electron chi connectivity index (χ2n) is 5.28. The average Bonchev–Trinajstić information content (AvgIpc) is 3.18. The van der Waals surface area contributed by atoms with Crippen LogP contribution >= 0.6 is 11.6 Å². The average molecular weight is 371 g/mol. The van der Waals surface area contributed by atoms with Crippen molar-refractivity contribution in [2.45, 2.75) is 25.1 Å². The van der Waals surface area contributed by atoms with Crippen molar-refractivity contribution in [3.8, 4) is 0 Å². The van der Waals surface area contributed by atoms with Gasteiger partial charge in [-0.1, -0.05) is 11.6 Å². The van der Waals surface area contributed by atoms with E-state index in [-0.39, 0.29) is 16.8 Å². The number of carbonyl (C=O) groups excluding carboxylic acids is 1. The van der Waals surface area contributed by atoms with Crippen LogP contribution in [0.5, 0.6) is 0 Å². The van der Waals surface area contributed by atoms with E-state index in [9.17, 15) is 26.4 Å². The van der Waals surface area contributed by atoms with Crippen molar-refractivity contribution in [1.82, 2.24) is 5.32 Å². The fourth-order valence-electron chi connectivity index (χ4n) is 1.89. The number of alkyl halides is 3. The van der Waals surface area contributed by atoms with Crippen LogP contribution in [0.25, 0.3) is 0 Å². The first-order valence-corrected chi connectivity index (χ1v) is 8.85. The van der Waals surface area contributed by atoms with E-state index < -0.39 is 34.2 Å². The van der Waals surface area contributed by atoms with Gasteiger partial charge in [0.1, 0.15) is 6.54 Å². The summed E-state index contributed by atoms with van der Waals surface area (Å²) in [6.07, 6.45) is -2.25. The summed E-state index contributed by atoms with van der Waals surface area (Å²) in [5.41, 5.74) is -1.43. The highest BCUT2D eigenvalue weighted by Crippen LogP contribution is 2.36. The molecule has 10 heteroatoms. The van der Waals surface area contributed by atoms with Crippen molar-refractivity contribution >= 4 is 33.2 Å². The van der Waals surface area contributed by atoms with E-state index in [1.54, 1.807) is 0 Å². The van der Waals surface area contributed by atoms with Gasteiger partial charge in [-0.15, -0.1) is 0 Å². The maximum absolute atomic E-state index is 12.8. The van der Waals surface area contributed by atoms with Crippen molar-refractivity contribution in [2.75, 3.05) is 17.1 Å². The van der Waals surface area contributed by atoms with Crippen LogP contribution in [0.4, 0.5) is 18.9 Å². The minimum atomic E-state index is -4.65. The first kappa shape index (κ1) is 17.9. The highest BCUT2D eigenvalue weighted by atomic mass is 35.5. The van der Waals surface area contributed by atoms with Gasteiger partial charge in [-0.25, -0.2) is 8.42 Å². The lowest BCUT2D eigenvalue weighted by atomic mass is 10.2. The van der Waals surface area contributed by atoms with Crippen LogP contribution in [0.3, 0.4) is 0 Å². The van der Waals surface area contributed by atoms with Gasteiger partial charge in [-0.2, -0.15) is 13.2 Å². The molecule has 0 aliphatic heterocycles. The minimum Gasteiger partial charge on any atom is -0.352 e. The number of carbonyl (C=O) groups is 1. The third-order valence-electron chi connectivity index (χ3n) is 3.17. The Bertz CT molecular complexity index is 718. The molecule has 23 heavy (non-hydrogen) atoms. The number of hydrogen-bond acceptors (Lipinski definition) is 3. The molecule has 1 amide bonds. The highest BCUT2D eigenvalue weighted by Gasteiger charge is 2.33. The molecule has 0 unspecified atom stereocenters. The standard InChI is InChI=1S/C13H14ClF3N2O3S/c1-23(21,22)19(7-12(20)18-9-3-4-9)11-6-8(13(15,16)17)2-5-10(11)14/h2,5-6,9H,3-4,7H2,1H3,(H,18,20). The third kappa shape index (κ3) is 4.74. The quantitative estimate of drug-likeness (QED) is 0.865. The smallest absolute Gasteiger partial charge is 0.352 e. The zero-order valence-electron chi connectivity index (χ0n) is 12.0. The summed E-state index contributed by atoms with van der Waals surface area (Å²) in [7, 11) is -3.99. The maximum atomic E-state index is 12.8. The predicted octanol–water partition coefficient (Wildman–Crippen LogP) is 2.40. The van der Waals surface area contributed by atoms with Gasteiger partial charge in [0.25, 0.3) is 0 Å². The second kappa shape index (κ2) is 6.20. The molecule has 1 N–H and O–H groups in total. The van der Waals surface area contributed by atoms with Gasteiger partial charge in [-0.3, -0.25) is 9.10 Å². The lowest BCUT2D eigenvalue weighted by molar-refractivity contribution is -0.137. The molecule has 1 aliphatic rings. The Morgan fingerprint density at radius 2 is 2.00 bits per heavy atom. The van der Waals surface area contributed by atoms with Crippen LogP contribution in [0, 0.1) is 0 Å². The van der Waals surface area contributed by atoms with Crippen LogP contribution in [0.1, 0.15) is 18.4 Å². The Kier molecular flexibility index (Phi) is 4.81. The van der Waals surface area contributed by atoms with E-state index in [1.165, 1.54) is 0 Å². The van der Waals surface area contributed by atoms with E-state index in [0.717, 1.165) is 31.2 Å². The summed E-state index contributed by atoms with van der Waals surface area (Å²) in [6, 6.07) is 2.32.